The molecule has 0 fully saturated rings. The van der Waals surface area contributed by atoms with Crippen LogP contribution >= 0.6 is 0 Å². The predicted molar refractivity (Wildman–Crippen MR) is 67.9 cm³/mol. The zero-order chi connectivity index (χ0) is 14.2. The number of hydrogen-bond acceptors (Lipinski definition) is 4. The molecule has 0 aromatic heterocycles. The summed E-state index contributed by atoms with van der Waals surface area (Å²) in [4.78, 5) is 37.3. The molecular weight excluding hydrogens is 246 g/mol. The van der Waals surface area contributed by atoms with Gasteiger partial charge in [-0.3, -0.25) is 24.7 Å². The zero-order valence-electron chi connectivity index (χ0n) is 10.7. The van der Waals surface area contributed by atoms with Crippen molar-refractivity contribution in [3.8, 4) is 0 Å². The molecule has 0 bridgehead atoms. The quantitative estimate of drug-likeness (QED) is 0.354. The largest absolute Gasteiger partial charge is 0.292 e. The van der Waals surface area contributed by atoms with Gasteiger partial charge in [0, 0.05) is 0 Å². The van der Waals surface area contributed by atoms with Gasteiger partial charge in [-0.1, -0.05) is 26.0 Å². The zero-order valence-corrected chi connectivity index (χ0v) is 10.7. The van der Waals surface area contributed by atoms with Crippen molar-refractivity contribution in [3.63, 3.8) is 0 Å². The van der Waals surface area contributed by atoms with E-state index in [4.69, 9.17) is 5.84 Å². The molecule has 3 N–H and O–H groups in total. The van der Waals surface area contributed by atoms with Crippen LogP contribution < -0.4 is 11.3 Å². The lowest BCUT2D eigenvalue weighted by molar-refractivity contribution is -0.126. The SMILES string of the molecule is CC(C)C(C(=O)NN)N1C(=O)c2ccccc2C1=O. The molecule has 19 heavy (non-hydrogen) atoms. The Kier molecular flexibility index (Phi) is 3.35. The molecule has 1 atom stereocenters. The fourth-order valence-electron chi connectivity index (χ4n) is 2.26. The number of hydrazine groups is 1. The van der Waals surface area contributed by atoms with Crippen molar-refractivity contribution in [2.24, 2.45) is 11.8 Å². The number of carbonyl (C=O) groups excluding carboxylic acids is 3. The fraction of sp³-hybridized carbons (Fsp3) is 0.308. The molecule has 1 aromatic carbocycles. The number of carbonyl (C=O) groups is 3. The van der Waals surface area contributed by atoms with Gasteiger partial charge in [0.05, 0.1) is 11.1 Å². The monoisotopic (exact) mass is 261 g/mol. The lowest BCUT2D eigenvalue weighted by Crippen LogP contribution is -2.53. The van der Waals surface area contributed by atoms with E-state index in [9.17, 15) is 14.4 Å². The third-order valence-corrected chi connectivity index (χ3v) is 3.15. The molecular formula is C13H15N3O3. The van der Waals surface area contributed by atoms with Crippen LogP contribution in [-0.4, -0.2) is 28.7 Å². The van der Waals surface area contributed by atoms with Crippen molar-refractivity contribution in [2.75, 3.05) is 0 Å². The Morgan fingerprint density at radius 3 is 2.00 bits per heavy atom. The highest BCUT2D eigenvalue weighted by atomic mass is 16.2. The van der Waals surface area contributed by atoms with E-state index in [1.165, 1.54) is 0 Å². The first kappa shape index (κ1) is 13.2. The average Bonchev–Trinajstić information content (AvgIpc) is 2.64. The maximum atomic E-state index is 12.3. The smallest absolute Gasteiger partial charge is 0.262 e. The third-order valence-electron chi connectivity index (χ3n) is 3.15. The number of nitrogens with zero attached hydrogens (tertiary/aromatic N) is 1. The summed E-state index contributed by atoms with van der Waals surface area (Å²) in [5, 5.41) is 0. The summed E-state index contributed by atoms with van der Waals surface area (Å²) in [5.74, 6) is 3.43. The summed E-state index contributed by atoms with van der Waals surface area (Å²) in [5.41, 5.74) is 2.65. The lowest BCUT2D eigenvalue weighted by atomic mass is 10.0. The van der Waals surface area contributed by atoms with Gasteiger partial charge in [-0.05, 0) is 18.1 Å². The van der Waals surface area contributed by atoms with Crippen LogP contribution in [0.1, 0.15) is 34.6 Å². The molecule has 0 saturated carbocycles. The summed E-state index contributed by atoms with van der Waals surface area (Å²) < 4.78 is 0. The highest BCUT2D eigenvalue weighted by molar-refractivity contribution is 6.22. The first-order valence-corrected chi connectivity index (χ1v) is 5.96. The number of nitrogens with one attached hydrogen (secondary N) is 1. The van der Waals surface area contributed by atoms with Crippen molar-refractivity contribution >= 4 is 17.7 Å². The van der Waals surface area contributed by atoms with E-state index in [0.717, 1.165) is 4.90 Å². The Balaban J connectivity index is 2.45. The lowest BCUT2D eigenvalue weighted by Gasteiger charge is -2.27. The summed E-state index contributed by atoms with van der Waals surface area (Å²) in [6.07, 6.45) is 0. The first-order chi connectivity index (χ1) is 8.99. The standard InChI is InChI=1S/C13H15N3O3/c1-7(2)10(11(17)15-14)16-12(18)8-5-3-4-6-9(8)13(16)19/h3-7,10H,14H2,1-2H3,(H,15,17). The van der Waals surface area contributed by atoms with Crippen molar-refractivity contribution < 1.29 is 14.4 Å². The maximum Gasteiger partial charge on any atom is 0.262 e. The first-order valence-electron chi connectivity index (χ1n) is 5.96. The molecule has 1 aliphatic heterocycles. The van der Waals surface area contributed by atoms with Crippen molar-refractivity contribution in [3.05, 3.63) is 35.4 Å². The van der Waals surface area contributed by atoms with Crippen LogP contribution in [0.3, 0.4) is 0 Å². The van der Waals surface area contributed by atoms with E-state index in [-0.39, 0.29) is 5.92 Å². The van der Waals surface area contributed by atoms with E-state index in [0.29, 0.717) is 11.1 Å². The molecule has 100 valence electrons. The van der Waals surface area contributed by atoms with Crippen LogP contribution in [-0.2, 0) is 4.79 Å². The van der Waals surface area contributed by atoms with Gasteiger partial charge in [-0.2, -0.15) is 0 Å². The predicted octanol–water partition coefficient (Wildman–Crippen LogP) is 0.297. The fourth-order valence-corrected chi connectivity index (χ4v) is 2.26. The van der Waals surface area contributed by atoms with E-state index >= 15 is 0 Å². The average molecular weight is 261 g/mol. The Morgan fingerprint density at radius 1 is 1.16 bits per heavy atom. The summed E-state index contributed by atoms with van der Waals surface area (Å²) in [6.45, 7) is 3.51. The number of fused-ring (bicyclic) bond motifs is 1. The molecule has 1 heterocycles. The molecule has 0 spiro atoms. The minimum Gasteiger partial charge on any atom is -0.292 e. The van der Waals surface area contributed by atoms with Gasteiger partial charge in [0.25, 0.3) is 17.7 Å². The Morgan fingerprint density at radius 2 is 1.63 bits per heavy atom. The number of rotatable bonds is 3. The number of imide groups is 1. The van der Waals surface area contributed by atoms with Crippen LogP contribution in [0, 0.1) is 5.92 Å². The Bertz CT molecular complexity index is 519. The normalized spacial score (nSPS) is 15.7. The Labute approximate surface area is 110 Å². The number of amides is 3. The molecule has 2 rings (SSSR count). The van der Waals surface area contributed by atoms with Crippen molar-refractivity contribution in [2.45, 2.75) is 19.9 Å². The van der Waals surface area contributed by atoms with Crippen LogP contribution in [0.4, 0.5) is 0 Å². The molecule has 1 unspecified atom stereocenters. The topological polar surface area (TPSA) is 92.5 Å². The molecule has 1 aliphatic rings. The minimum atomic E-state index is -0.905. The van der Waals surface area contributed by atoms with Crippen molar-refractivity contribution in [1.29, 1.82) is 0 Å². The van der Waals surface area contributed by atoms with E-state index in [1.807, 2.05) is 5.43 Å². The van der Waals surface area contributed by atoms with E-state index < -0.39 is 23.8 Å². The van der Waals surface area contributed by atoms with Crippen LogP contribution in [0.25, 0.3) is 0 Å². The van der Waals surface area contributed by atoms with Gasteiger partial charge < -0.3 is 0 Å². The van der Waals surface area contributed by atoms with Crippen LogP contribution in [0.5, 0.6) is 0 Å². The summed E-state index contributed by atoms with van der Waals surface area (Å²) in [7, 11) is 0. The van der Waals surface area contributed by atoms with Gasteiger partial charge >= 0.3 is 0 Å². The number of nitrogens with two attached hydrogens (primary N) is 1. The number of benzene rings is 1. The van der Waals surface area contributed by atoms with Gasteiger partial charge in [0.1, 0.15) is 6.04 Å². The van der Waals surface area contributed by atoms with Gasteiger partial charge in [-0.25, -0.2) is 5.84 Å². The third kappa shape index (κ3) is 2.00. The van der Waals surface area contributed by atoms with Crippen molar-refractivity contribution in [1.82, 2.24) is 10.3 Å². The molecule has 1 aromatic rings. The minimum absolute atomic E-state index is 0.231. The second kappa shape index (κ2) is 4.81. The van der Waals surface area contributed by atoms with E-state index in [1.54, 1.807) is 38.1 Å². The molecule has 3 amide bonds. The molecule has 0 saturated heterocycles. The highest BCUT2D eigenvalue weighted by Crippen LogP contribution is 2.26. The molecule has 0 aliphatic carbocycles. The molecule has 6 heteroatoms. The molecule has 0 radical (unpaired) electrons. The van der Waals surface area contributed by atoms with Crippen LogP contribution in [0.2, 0.25) is 0 Å². The number of hydrogen-bond donors (Lipinski definition) is 2. The Hall–Kier alpha value is -2.21. The molecule has 6 nitrogen and oxygen atoms in total. The highest BCUT2D eigenvalue weighted by Gasteiger charge is 2.43. The van der Waals surface area contributed by atoms with Gasteiger partial charge in [0.2, 0.25) is 0 Å². The maximum absolute atomic E-state index is 12.3. The van der Waals surface area contributed by atoms with Gasteiger partial charge in [-0.15, -0.1) is 0 Å². The summed E-state index contributed by atoms with van der Waals surface area (Å²) >= 11 is 0. The second-order valence-electron chi connectivity index (χ2n) is 4.72. The van der Waals surface area contributed by atoms with E-state index in [2.05, 4.69) is 0 Å². The van der Waals surface area contributed by atoms with Crippen LogP contribution in [0.15, 0.2) is 24.3 Å². The second-order valence-corrected chi connectivity index (χ2v) is 4.72. The summed E-state index contributed by atoms with van der Waals surface area (Å²) in [6, 6.07) is 5.61. The van der Waals surface area contributed by atoms with Gasteiger partial charge in [0.15, 0.2) is 0 Å².